The van der Waals surface area contributed by atoms with E-state index in [4.69, 9.17) is 0 Å². The molecule has 124 valence electrons. The van der Waals surface area contributed by atoms with Crippen LogP contribution >= 0.6 is 22.6 Å². The van der Waals surface area contributed by atoms with Crippen molar-refractivity contribution in [2.45, 2.75) is 5.92 Å². The molecule has 0 aromatic heterocycles. The first kappa shape index (κ1) is 18.8. The van der Waals surface area contributed by atoms with Gasteiger partial charge in [-0.1, -0.05) is 6.58 Å². The Morgan fingerprint density at radius 2 is 2.04 bits per heavy atom. The van der Waals surface area contributed by atoms with E-state index in [9.17, 15) is 28.3 Å². The monoisotopic (exact) mass is 440 g/mol. The van der Waals surface area contributed by atoms with Crippen LogP contribution in [0.5, 0.6) is 0 Å². The topological polar surface area (TPSA) is 105 Å². The quantitative estimate of drug-likeness (QED) is 0.409. The van der Waals surface area contributed by atoms with Gasteiger partial charge in [-0.3, -0.25) is 5.32 Å². The second-order valence-corrected chi connectivity index (χ2v) is 5.12. The Labute approximate surface area is 142 Å². The zero-order valence-electron chi connectivity index (χ0n) is 11.3. The van der Waals surface area contributed by atoms with Crippen molar-refractivity contribution in [2.24, 2.45) is 0 Å². The van der Waals surface area contributed by atoms with E-state index in [1.54, 1.807) is 22.6 Å². The molecule has 0 heterocycles. The highest BCUT2D eigenvalue weighted by Gasteiger charge is 2.33. The van der Waals surface area contributed by atoms with Crippen molar-refractivity contribution in [1.29, 1.82) is 0 Å². The van der Waals surface area contributed by atoms with Gasteiger partial charge in [0.1, 0.15) is 5.97 Å². The first-order valence-electron chi connectivity index (χ1n) is 5.82. The van der Waals surface area contributed by atoms with Crippen molar-refractivity contribution in [2.75, 3.05) is 11.9 Å². The number of rotatable bonds is 6. The summed E-state index contributed by atoms with van der Waals surface area (Å²) in [5.74, 6) is -8.14. The molecule has 0 fully saturated rings. The molecule has 7 nitrogen and oxygen atoms in total. The largest absolute Gasteiger partial charge is 0.544 e. The molecule has 1 rings (SSSR count). The fourth-order valence-corrected chi connectivity index (χ4v) is 1.83. The molecular weight excluding hydrogens is 431 g/mol. The van der Waals surface area contributed by atoms with Crippen LogP contribution in [0, 0.1) is 3.57 Å². The fourth-order valence-electron chi connectivity index (χ4n) is 1.28. The molecule has 0 spiro atoms. The van der Waals surface area contributed by atoms with Gasteiger partial charge in [0.25, 0.3) is 0 Å². The fraction of sp³-hybridized carbons (Fsp3) is 0.154. The normalized spacial score (nSPS) is 10.6. The number of hydrogen-bond acceptors (Lipinski definition) is 6. The summed E-state index contributed by atoms with van der Waals surface area (Å²) in [6.07, 6.45) is 0.0168. The molecular formula is C13H9F2INO6-. The second kappa shape index (κ2) is 7.85. The minimum Gasteiger partial charge on any atom is -0.544 e. The van der Waals surface area contributed by atoms with E-state index in [1.165, 1.54) is 12.1 Å². The number of carbonyl (C=O) groups is 3. The van der Waals surface area contributed by atoms with Gasteiger partial charge in [0.2, 0.25) is 0 Å². The van der Waals surface area contributed by atoms with Crippen molar-refractivity contribution in [1.82, 2.24) is 0 Å². The van der Waals surface area contributed by atoms with Gasteiger partial charge in [-0.05, 0) is 40.8 Å². The second-order valence-electron chi connectivity index (χ2n) is 3.96. The number of halogens is 3. The number of esters is 1. The van der Waals surface area contributed by atoms with Crippen LogP contribution in [0.15, 0.2) is 31.0 Å². The first-order chi connectivity index (χ1) is 10.7. The van der Waals surface area contributed by atoms with Gasteiger partial charge in [0.05, 0.1) is 11.8 Å². The Kier molecular flexibility index (Phi) is 6.42. The third-order valence-corrected chi connectivity index (χ3v) is 3.25. The Bertz CT molecular complexity index is 649. The number of ether oxygens (including phenoxy) is 2. The number of alkyl halides is 2. The zero-order valence-corrected chi connectivity index (χ0v) is 13.5. The maximum Gasteiger partial charge on any atom is 0.416 e. The minimum absolute atomic E-state index is 0.135. The van der Waals surface area contributed by atoms with Crippen LogP contribution < -0.4 is 10.4 Å². The summed E-state index contributed by atoms with van der Waals surface area (Å²) in [5, 5.41) is 12.4. The summed E-state index contributed by atoms with van der Waals surface area (Å²) >= 11 is 1.74. The van der Waals surface area contributed by atoms with Crippen molar-refractivity contribution in [3.63, 3.8) is 0 Å². The number of nitrogens with one attached hydrogen (secondary N) is 1. The van der Waals surface area contributed by atoms with Crippen LogP contribution in [0.1, 0.15) is 10.4 Å². The molecule has 0 atom stereocenters. The number of amides is 1. The number of anilines is 1. The maximum absolute atomic E-state index is 12.8. The molecule has 0 radical (unpaired) electrons. The average Bonchev–Trinajstić information content (AvgIpc) is 2.47. The molecule has 1 N–H and O–H groups in total. The van der Waals surface area contributed by atoms with Crippen molar-refractivity contribution < 1.29 is 37.7 Å². The summed E-state index contributed by atoms with van der Waals surface area (Å²) in [6.45, 7) is 1.52. The molecule has 23 heavy (non-hydrogen) atoms. The van der Waals surface area contributed by atoms with Crippen LogP contribution in [0.3, 0.4) is 0 Å². The molecule has 0 aliphatic rings. The van der Waals surface area contributed by atoms with Gasteiger partial charge in [0, 0.05) is 9.26 Å². The molecule has 0 unspecified atom stereocenters. The predicted octanol–water partition coefficient (Wildman–Crippen LogP) is 1.53. The number of carbonyl (C=O) groups excluding carboxylic acids is 3. The number of aliphatic carboxylic acids is 1. The summed E-state index contributed by atoms with van der Waals surface area (Å²) in [4.78, 5) is 33.1. The van der Waals surface area contributed by atoms with E-state index >= 15 is 0 Å². The van der Waals surface area contributed by atoms with Crippen LogP contribution in [0.4, 0.5) is 19.3 Å². The molecule has 0 saturated heterocycles. The number of benzene rings is 1. The van der Waals surface area contributed by atoms with Crippen molar-refractivity contribution in [3.05, 3.63) is 40.2 Å². The molecule has 1 amide bonds. The summed E-state index contributed by atoms with van der Waals surface area (Å²) in [7, 11) is 0. The van der Waals surface area contributed by atoms with Gasteiger partial charge in [-0.15, -0.1) is 0 Å². The SMILES string of the molecule is C=COC(=O)Nc1ccc(I)c(C(=O)OCC(F)(F)C(=O)[O-])c1. The first-order valence-corrected chi connectivity index (χ1v) is 6.89. The lowest BCUT2D eigenvalue weighted by Gasteiger charge is -2.17. The molecule has 10 heteroatoms. The van der Waals surface area contributed by atoms with Gasteiger partial charge >= 0.3 is 18.0 Å². The number of carboxylic acids is 1. The van der Waals surface area contributed by atoms with Crippen molar-refractivity contribution >= 4 is 46.3 Å². The highest BCUT2D eigenvalue weighted by molar-refractivity contribution is 14.1. The molecule has 0 saturated carbocycles. The lowest BCUT2D eigenvalue weighted by atomic mass is 10.2. The minimum atomic E-state index is -4.30. The lowest BCUT2D eigenvalue weighted by molar-refractivity contribution is -0.331. The van der Waals surface area contributed by atoms with E-state index < -0.39 is 30.6 Å². The third-order valence-electron chi connectivity index (χ3n) is 2.31. The smallest absolute Gasteiger partial charge is 0.416 e. The van der Waals surface area contributed by atoms with E-state index in [-0.39, 0.29) is 11.3 Å². The Morgan fingerprint density at radius 1 is 1.39 bits per heavy atom. The van der Waals surface area contributed by atoms with E-state index in [0.717, 1.165) is 12.3 Å². The van der Waals surface area contributed by atoms with Crippen LogP contribution in [-0.2, 0) is 14.3 Å². The van der Waals surface area contributed by atoms with Crippen molar-refractivity contribution in [3.8, 4) is 0 Å². The van der Waals surface area contributed by atoms with Crippen LogP contribution in [0.25, 0.3) is 0 Å². The lowest BCUT2D eigenvalue weighted by Crippen LogP contribution is -2.45. The number of hydrogen-bond donors (Lipinski definition) is 1. The molecule has 1 aromatic rings. The van der Waals surface area contributed by atoms with Crippen LogP contribution in [-0.4, -0.2) is 30.6 Å². The summed E-state index contributed by atoms with van der Waals surface area (Å²) in [6, 6.07) is 4.00. The standard InChI is InChI=1S/C13H10F2INO6/c1-2-22-12(21)17-7-3-4-9(16)8(5-7)10(18)23-6-13(14,15)11(19)20/h2-5H,1,6H2,(H,17,21)(H,19,20)/p-1. The Morgan fingerprint density at radius 3 is 2.61 bits per heavy atom. The van der Waals surface area contributed by atoms with E-state index in [2.05, 4.69) is 21.4 Å². The number of carboxylic acid groups (broad SMARTS) is 1. The Hall–Kier alpha value is -2.24. The van der Waals surface area contributed by atoms with Gasteiger partial charge in [0.15, 0.2) is 6.61 Å². The van der Waals surface area contributed by atoms with E-state index in [0.29, 0.717) is 3.57 Å². The summed E-state index contributed by atoms with van der Waals surface area (Å²) < 4.78 is 34.7. The summed E-state index contributed by atoms with van der Waals surface area (Å²) in [5.41, 5.74) is -0.00738. The van der Waals surface area contributed by atoms with Gasteiger partial charge < -0.3 is 19.4 Å². The molecule has 0 aliphatic carbocycles. The molecule has 1 aromatic carbocycles. The molecule has 0 aliphatic heterocycles. The maximum atomic E-state index is 12.8. The van der Waals surface area contributed by atoms with E-state index in [1.807, 2.05) is 0 Å². The van der Waals surface area contributed by atoms with Crippen LogP contribution in [0.2, 0.25) is 0 Å². The van der Waals surface area contributed by atoms with Gasteiger partial charge in [-0.25, -0.2) is 9.59 Å². The Balaban J connectivity index is 2.86. The molecule has 0 bridgehead atoms. The highest BCUT2D eigenvalue weighted by Crippen LogP contribution is 2.20. The average molecular weight is 440 g/mol. The highest BCUT2D eigenvalue weighted by atomic mass is 127. The van der Waals surface area contributed by atoms with Gasteiger partial charge in [-0.2, -0.15) is 8.78 Å². The zero-order chi connectivity index (χ0) is 17.6. The third kappa shape index (κ3) is 5.47. The predicted molar refractivity (Wildman–Crippen MR) is 79.7 cm³/mol.